The van der Waals surface area contributed by atoms with Crippen LogP contribution in [0.3, 0.4) is 0 Å². The predicted molar refractivity (Wildman–Crippen MR) is 71.2 cm³/mol. The van der Waals surface area contributed by atoms with Crippen LogP contribution in [0.15, 0.2) is 6.33 Å². The van der Waals surface area contributed by atoms with Crippen LogP contribution in [0.1, 0.15) is 36.9 Å². The Kier molecular flexibility index (Phi) is 3.36. The topological polar surface area (TPSA) is 66.3 Å². The second-order valence-corrected chi connectivity index (χ2v) is 5.55. The van der Waals surface area contributed by atoms with Crippen molar-refractivity contribution in [1.82, 2.24) is 9.97 Å². The van der Waals surface area contributed by atoms with Gasteiger partial charge >= 0.3 is 5.97 Å². The average molecular weight is 261 g/mol. The van der Waals surface area contributed by atoms with Crippen LogP contribution in [0, 0.1) is 5.92 Å². The monoisotopic (exact) mass is 261 g/mol. The summed E-state index contributed by atoms with van der Waals surface area (Å²) in [5.41, 5.74) is 2.50. The van der Waals surface area contributed by atoms with Crippen LogP contribution < -0.4 is 4.90 Å². The second kappa shape index (κ2) is 5.15. The van der Waals surface area contributed by atoms with E-state index in [0.29, 0.717) is 0 Å². The van der Waals surface area contributed by atoms with Gasteiger partial charge in [-0.2, -0.15) is 0 Å². The van der Waals surface area contributed by atoms with Gasteiger partial charge < -0.3 is 10.0 Å². The number of anilines is 1. The molecule has 2 heterocycles. The van der Waals surface area contributed by atoms with Gasteiger partial charge in [-0.3, -0.25) is 4.79 Å². The lowest BCUT2D eigenvalue weighted by molar-refractivity contribution is -0.138. The molecule has 3 rings (SSSR count). The molecule has 0 saturated carbocycles. The highest BCUT2D eigenvalue weighted by Crippen LogP contribution is 2.31. The third-order valence-corrected chi connectivity index (χ3v) is 4.07. The molecule has 1 aliphatic carbocycles. The molecular formula is C14H19N3O2. The molecule has 0 unspecified atom stereocenters. The Bertz CT molecular complexity index is 484. The molecule has 0 radical (unpaired) electrons. The molecular weight excluding hydrogens is 242 g/mol. The predicted octanol–water partition coefficient (Wildman–Crippen LogP) is 1.66. The lowest BCUT2D eigenvalue weighted by Gasteiger charge is -2.40. The van der Waals surface area contributed by atoms with Crippen LogP contribution in [0.25, 0.3) is 0 Å². The molecule has 1 aromatic rings. The third kappa shape index (κ3) is 2.55. The van der Waals surface area contributed by atoms with Crippen LogP contribution in [-0.4, -0.2) is 34.1 Å². The quantitative estimate of drug-likeness (QED) is 0.838. The van der Waals surface area contributed by atoms with Gasteiger partial charge in [-0.05, 0) is 25.7 Å². The van der Waals surface area contributed by atoms with Crippen molar-refractivity contribution in [1.29, 1.82) is 0 Å². The van der Waals surface area contributed by atoms with Gasteiger partial charge in [-0.1, -0.05) is 6.42 Å². The fourth-order valence-corrected chi connectivity index (χ4v) is 3.07. The first-order valence-electron chi connectivity index (χ1n) is 7.03. The van der Waals surface area contributed by atoms with Crippen molar-refractivity contribution in [3.8, 4) is 0 Å². The second-order valence-electron chi connectivity index (χ2n) is 5.55. The Morgan fingerprint density at radius 3 is 2.84 bits per heavy atom. The highest BCUT2D eigenvalue weighted by atomic mass is 16.4. The Hall–Kier alpha value is -1.65. The minimum Gasteiger partial charge on any atom is -0.481 e. The van der Waals surface area contributed by atoms with E-state index in [4.69, 9.17) is 5.11 Å². The molecule has 1 aliphatic heterocycles. The Balaban J connectivity index is 1.74. The number of fused-ring (bicyclic) bond motifs is 1. The number of carboxylic acids is 1. The first kappa shape index (κ1) is 12.4. The van der Waals surface area contributed by atoms with E-state index in [0.717, 1.165) is 31.7 Å². The van der Waals surface area contributed by atoms with Crippen molar-refractivity contribution in [2.75, 3.05) is 18.0 Å². The molecule has 1 saturated heterocycles. The van der Waals surface area contributed by atoms with E-state index in [-0.39, 0.29) is 12.3 Å². The highest BCUT2D eigenvalue weighted by molar-refractivity contribution is 5.68. The van der Waals surface area contributed by atoms with E-state index in [2.05, 4.69) is 14.9 Å². The van der Waals surface area contributed by atoms with E-state index in [1.807, 2.05) is 0 Å². The summed E-state index contributed by atoms with van der Waals surface area (Å²) >= 11 is 0. The smallest absolute Gasteiger partial charge is 0.303 e. The first-order chi connectivity index (χ1) is 9.24. The minimum absolute atomic E-state index is 0.268. The number of aliphatic carboxylic acids is 1. The molecule has 5 heteroatoms. The van der Waals surface area contributed by atoms with Crippen molar-refractivity contribution >= 4 is 11.8 Å². The number of aromatic nitrogens is 2. The number of aryl methyl sites for hydroxylation is 1. The lowest BCUT2D eigenvalue weighted by Crippen LogP contribution is -2.48. The summed E-state index contributed by atoms with van der Waals surface area (Å²) in [6.07, 6.45) is 7.72. The first-order valence-corrected chi connectivity index (χ1v) is 7.03. The number of rotatable bonds is 3. The van der Waals surface area contributed by atoms with Gasteiger partial charge in [-0.25, -0.2) is 9.97 Å². The Morgan fingerprint density at radius 2 is 2.05 bits per heavy atom. The van der Waals surface area contributed by atoms with E-state index in [9.17, 15) is 4.79 Å². The van der Waals surface area contributed by atoms with E-state index in [1.165, 1.54) is 30.5 Å². The van der Waals surface area contributed by atoms with Crippen LogP contribution in [0.5, 0.6) is 0 Å². The molecule has 5 nitrogen and oxygen atoms in total. The molecule has 1 aromatic heterocycles. The molecule has 1 fully saturated rings. The molecule has 102 valence electrons. The number of hydrogen-bond acceptors (Lipinski definition) is 4. The van der Waals surface area contributed by atoms with Crippen molar-refractivity contribution in [3.05, 3.63) is 17.6 Å². The van der Waals surface area contributed by atoms with Gasteiger partial charge in [-0.15, -0.1) is 0 Å². The van der Waals surface area contributed by atoms with Gasteiger partial charge in [0.1, 0.15) is 12.1 Å². The molecule has 0 spiro atoms. The Labute approximate surface area is 112 Å². The van der Waals surface area contributed by atoms with Crippen molar-refractivity contribution in [2.24, 2.45) is 5.92 Å². The fourth-order valence-electron chi connectivity index (χ4n) is 3.07. The zero-order valence-corrected chi connectivity index (χ0v) is 11.0. The summed E-state index contributed by atoms with van der Waals surface area (Å²) in [5, 5.41) is 8.79. The number of nitrogens with zero attached hydrogens (tertiary/aromatic N) is 3. The van der Waals surface area contributed by atoms with Gasteiger partial charge in [0.25, 0.3) is 0 Å². The number of carbonyl (C=O) groups is 1. The van der Waals surface area contributed by atoms with Gasteiger partial charge in [0, 0.05) is 30.3 Å². The maximum absolute atomic E-state index is 10.7. The van der Waals surface area contributed by atoms with Crippen molar-refractivity contribution < 1.29 is 9.90 Å². The van der Waals surface area contributed by atoms with Crippen LogP contribution in [0.2, 0.25) is 0 Å². The number of carboxylic acid groups (broad SMARTS) is 1. The molecule has 0 bridgehead atoms. The summed E-state index contributed by atoms with van der Waals surface area (Å²) in [7, 11) is 0. The van der Waals surface area contributed by atoms with Gasteiger partial charge in [0.05, 0.1) is 6.42 Å². The standard InChI is InChI=1S/C14H19N3O2/c18-13(19)6-10-7-17(8-10)14-11-4-2-1-3-5-12(11)15-9-16-14/h9-10H,1-8H2,(H,18,19). The lowest BCUT2D eigenvalue weighted by atomic mass is 9.95. The van der Waals surface area contributed by atoms with Crippen LogP contribution in [-0.2, 0) is 17.6 Å². The normalized spacial score (nSPS) is 19.5. The SMILES string of the molecule is O=C(O)CC1CN(c2ncnc3c2CCCCC3)C1. The van der Waals surface area contributed by atoms with Crippen LogP contribution >= 0.6 is 0 Å². The average Bonchev–Trinajstić information content (AvgIpc) is 2.58. The molecule has 1 N–H and O–H groups in total. The largest absolute Gasteiger partial charge is 0.481 e. The fraction of sp³-hybridized carbons (Fsp3) is 0.643. The van der Waals surface area contributed by atoms with Gasteiger partial charge in [0.15, 0.2) is 0 Å². The van der Waals surface area contributed by atoms with Gasteiger partial charge in [0.2, 0.25) is 0 Å². The zero-order chi connectivity index (χ0) is 13.2. The number of hydrogen-bond donors (Lipinski definition) is 1. The zero-order valence-electron chi connectivity index (χ0n) is 11.0. The minimum atomic E-state index is -0.703. The van der Waals surface area contributed by atoms with E-state index in [1.54, 1.807) is 6.33 Å². The summed E-state index contributed by atoms with van der Waals surface area (Å²) < 4.78 is 0. The molecule has 0 amide bonds. The van der Waals surface area contributed by atoms with Crippen LogP contribution in [0.4, 0.5) is 5.82 Å². The van der Waals surface area contributed by atoms with E-state index < -0.39 is 5.97 Å². The third-order valence-electron chi connectivity index (χ3n) is 4.07. The highest BCUT2D eigenvalue weighted by Gasteiger charge is 2.31. The van der Waals surface area contributed by atoms with Crippen molar-refractivity contribution in [3.63, 3.8) is 0 Å². The molecule has 19 heavy (non-hydrogen) atoms. The molecule has 0 atom stereocenters. The maximum atomic E-state index is 10.7. The molecule has 2 aliphatic rings. The maximum Gasteiger partial charge on any atom is 0.303 e. The van der Waals surface area contributed by atoms with Crippen molar-refractivity contribution in [2.45, 2.75) is 38.5 Å². The van der Waals surface area contributed by atoms with E-state index >= 15 is 0 Å². The summed E-state index contributed by atoms with van der Waals surface area (Å²) in [6, 6.07) is 0. The Morgan fingerprint density at radius 1 is 1.26 bits per heavy atom. The summed E-state index contributed by atoms with van der Waals surface area (Å²) in [6.45, 7) is 1.63. The summed E-state index contributed by atoms with van der Waals surface area (Å²) in [4.78, 5) is 21.7. The summed E-state index contributed by atoms with van der Waals surface area (Å²) in [5.74, 6) is 0.619. The molecule has 0 aromatic carbocycles.